The van der Waals surface area contributed by atoms with Crippen molar-refractivity contribution in [2.75, 3.05) is 11.4 Å². The van der Waals surface area contributed by atoms with Gasteiger partial charge in [-0.2, -0.15) is 5.26 Å². The molecule has 4 nitrogen and oxygen atoms in total. The zero-order chi connectivity index (χ0) is 16.2. The minimum Gasteiger partial charge on any atom is -0.479 e. The number of ether oxygens (including phenoxy) is 1. The molecule has 0 spiro atoms. The van der Waals surface area contributed by atoms with Gasteiger partial charge < -0.3 is 9.64 Å². The number of anilines is 1. The van der Waals surface area contributed by atoms with Gasteiger partial charge in [0, 0.05) is 12.2 Å². The molecule has 0 aromatic heterocycles. The number of fused-ring (bicyclic) bond motifs is 1. The quantitative estimate of drug-likeness (QED) is 0.874. The summed E-state index contributed by atoms with van der Waals surface area (Å²) in [6, 6.07) is 17.0. The second-order valence-corrected chi connectivity index (χ2v) is 5.59. The van der Waals surface area contributed by atoms with Crippen LogP contribution in [0.15, 0.2) is 48.5 Å². The van der Waals surface area contributed by atoms with Crippen molar-refractivity contribution in [3.63, 3.8) is 0 Å². The van der Waals surface area contributed by atoms with E-state index in [2.05, 4.69) is 12.1 Å². The minimum atomic E-state index is -0.643. The highest BCUT2D eigenvalue weighted by atomic mass is 16.5. The lowest BCUT2D eigenvalue weighted by Crippen LogP contribution is -2.43. The molecule has 3 rings (SSSR count). The number of carbonyl (C=O) groups is 1. The summed E-state index contributed by atoms with van der Waals surface area (Å²) in [6.45, 7) is 2.43. The first kappa shape index (κ1) is 15.1. The number of hydrogen-bond donors (Lipinski definition) is 0. The summed E-state index contributed by atoms with van der Waals surface area (Å²) in [5.41, 5.74) is 2.59. The number of benzene rings is 2. The average molecular weight is 306 g/mol. The maximum absolute atomic E-state index is 12.8. The van der Waals surface area contributed by atoms with Crippen molar-refractivity contribution < 1.29 is 9.53 Å². The number of nitriles is 1. The molecule has 0 aliphatic carbocycles. The molecule has 1 heterocycles. The van der Waals surface area contributed by atoms with Crippen LogP contribution in [-0.2, 0) is 11.2 Å². The van der Waals surface area contributed by atoms with E-state index in [-0.39, 0.29) is 5.91 Å². The molecule has 0 radical (unpaired) electrons. The molecule has 1 aliphatic rings. The van der Waals surface area contributed by atoms with Crippen LogP contribution in [0.5, 0.6) is 5.75 Å². The zero-order valence-electron chi connectivity index (χ0n) is 13.0. The normalized spacial score (nSPS) is 14.5. The number of amides is 1. The molecule has 116 valence electrons. The van der Waals surface area contributed by atoms with E-state index in [0.29, 0.717) is 17.9 Å². The van der Waals surface area contributed by atoms with Gasteiger partial charge in [0.15, 0.2) is 6.10 Å². The van der Waals surface area contributed by atoms with Crippen LogP contribution in [0.2, 0.25) is 0 Å². The van der Waals surface area contributed by atoms with Crippen LogP contribution in [0.25, 0.3) is 0 Å². The van der Waals surface area contributed by atoms with E-state index in [9.17, 15) is 4.79 Å². The highest BCUT2D eigenvalue weighted by Crippen LogP contribution is 2.28. The summed E-state index contributed by atoms with van der Waals surface area (Å²) < 4.78 is 5.75. The SMILES string of the molecule is C[C@@H](Oc1ccccc1C#N)C(=O)N1CCCc2ccccc21. The molecule has 0 fully saturated rings. The summed E-state index contributed by atoms with van der Waals surface area (Å²) in [7, 11) is 0. The van der Waals surface area contributed by atoms with Crippen LogP contribution < -0.4 is 9.64 Å². The van der Waals surface area contributed by atoms with Crippen molar-refractivity contribution >= 4 is 11.6 Å². The third-order valence-electron chi connectivity index (χ3n) is 4.04. The van der Waals surface area contributed by atoms with Gasteiger partial charge in [-0.05, 0) is 43.5 Å². The van der Waals surface area contributed by atoms with Crippen LogP contribution in [0, 0.1) is 11.3 Å². The number of aryl methyl sites for hydroxylation is 1. The molecular weight excluding hydrogens is 288 g/mol. The van der Waals surface area contributed by atoms with Gasteiger partial charge in [-0.25, -0.2) is 0 Å². The number of rotatable bonds is 3. The van der Waals surface area contributed by atoms with Gasteiger partial charge in [0.05, 0.1) is 5.56 Å². The van der Waals surface area contributed by atoms with Crippen molar-refractivity contribution in [2.45, 2.75) is 25.9 Å². The Morgan fingerprint density at radius 3 is 2.78 bits per heavy atom. The summed E-state index contributed by atoms with van der Waals surface area (Å²) >= 11 is 0. The molecule has 0 saturated heterocycles. The van der Waals surface area contributed by atoms with Gasteiger partial charge in [0.25, 0.3) is 5.91 Å². The Morgan fingerprint density at radius 2 is 1.96 bits per heavy atom. The minimum absolute atomic E-state index is 0.0788. The molecule has 1 atom stereocenters. The Morgan fingerprint density at radius 1 is 1.22 bits per heavy atom. The van der Waals surface area contributed by atoms with Gasteiger partial charge in [0.1, 0.15) is 11.8 Å². The first-order valence-electron chi connectivity index (χ1n) is 7.76. The Hall–Kier alpha value is -2.80. The number of para-hydroxylation sites is 2. The monoisotopic (exact) mass is 306 g/mol. The lowest BCUT2D eigenvalue weighted by Gasteiger charge is -2.31. The fourth-order valence-electron chi connectivity index (χ4n) is 2.88. The lowest BCUT2D eigenvalue weighted by atomic mass is 10.0. The molecular formula is C19H18N2O2. The molecule has 4 heteroatoms. The zero-order valence-corrected chi connectivity index (χ0v) is 13.0. The van der Waals surface area contributed by atoms with Crippen molar-refractivity contribution in [1.82, 2.24) is 0 Å². The molecule has 1 aliphatic heterocycles. The first-order chi connectivity index (χ1) is 11.2. The summed E-state index contributed by atoms with van der Waals surface area (Å²) in [5.74, 6) is 0.367. The van der Waals surface area contributed by atoms with Crippen LogP contribution in [0.3, 0.4) is 0 Å². The van der Waals surface area contributed by atoms with Crippen LogP contribution in [-0.4, -0.2) is 18.6 Å². The van der Waals surface area contributed by atoms with Gasteiger partial charge in [-0.15, -0.1) is 0 Å². The lowest BCUT2D eigenvalue weighted by molar-refractivity contribution is -0.124. The number of hydrogen-bond acceptors (Lipinski definition) is 3. The van der Waals surface area contributed by atoms with E-state index >= 15 is 0 Å². The van der Waals surface area contributed by atoms with E-state index in [1.807, 2.05) is 18.2 Å². The Bertz CT molecular complexity index is 764. The highest BCUT2D eigenvalue weighted by molar-refractivity contribution is 5.97. The van der Waals surface area contributed by atoms with Gasteiger partial charge in [-0.1, -0.05) is 30.3 Å². The van der Waals surface area contributed by atoms with Crippen molar-refractivity contribution in [2.24, 2.45) is 0 Å². The largest absolute Gasteiger partial charge is 0.479 e. The molecule has 0 unspecified atom stereocenters. The van der Waals surface area contributed by atoms with Gasteiger partial charge in [-0.3, -0.25) is 4.79 Å². The van der Waals surface area contributed by atoms with Crippen molar-refractivity contribution in [3.8, 4) is 11.8 Å². The molecule has 1 amide bonds. The van der Waals surface area contributed by atoms with Crippen molar-refractivity contribution in [1.29, 1.82) is 5.26 Å². The molecule has 23 heavy (non-hydrogen) atoms. The maximum Gasteiger partial charge on any atom is 0.267 e. The second kappa shape index (κ2) is 6.53. The predicted molar refractivity (Wildman–Crippen MR) is 88.4 cm³/mol. The number of nitrogens with zero attached hydrogens (tertiary/aromatic N) is 2. The first-order valence-corrected chi connectivity index (χ1v) is 7.76. The average Bonchev–Trinajstić information content (AvgIpc) is 2.61. The van der Waals surface area contributed by atoms with Crippen molar-refractivity contribution in [3.05, 3.63) is 59.7 Å². The van der Waals surface area contributed by atoms with Crippen LogP contribution in [0.4, 0.5) is 5.69 Å². The molecule has 0 saturated carbocycles. The predicted octanol–water partition coefficient (Wildman–Crippen LogP) is 3.30. The van der Waals surface area contributed by atoms with E-state index < -0.39 is 6.10 Å². The Kier molecular flexibility index (Phi) is 4.29. The number of carbonyl (C=O) groups excluding carboxylic acids is 1. The molecule has 0 N–H and O–H groups in total. The Labute approximate surface area is 135 Å². The molecule has 2 aromatic rings. The van der Waals surface area contributed by atoms with Crippen LogP contribution in [0.1, 0.15) is 24.5 Å². The van der Waals surface area contributed by atoms with E-state index in [1.165, 1.54) is 5.56 Å². The van der Waals surface area contributed by atoms with E-state index in [1.54, 1.807) is 36.1 Å². The standard InChI is InChI=1S/C19H18N2O2/c1-14(23-18-11-5-3-8-16(18)13-20)19(22)21-12-6-9-15-7-2-4-10-17(15)21/h2-5,7-8,10-11,14H,6,9,12H2,1H3/t14-/m1/s1. The Balaban J connectivity index is 1.80. The smallest absolute Gasteiger partial charge is 0.267 e. The topological polar surface area (TPSA) is 53.3 Å². The summed E-state index contributed by atoms with van der Waals surface area (Å²) in [4.78, 5) is 14.6. The van der Waals surface area contributed by atoms with Gasteiger partial charge in [0.2, 0.25) is 0 Å². The fraction of sp³-hybridized carbons (Fsp3) is 0.263. The van der Waals surface area contributed by atoms with Crippen LogP contribution >= 0.6 is 0 Å². The third-order valence-corrected chi connectivity index (χ3v) is 4.04. The third kappa shape index (κ3) is 3.04. The highest BCUT2D eigenvalue weighted by Gasteiger charge is 2.27. The fourth-order valence-corrected chi connectivity index (χ4v) is 2.88. The van der Waals surface area contributed by atoms with E-state index in [4.69, 9.17) is 10.00 Å². The molecule has 0 bridgehead atoms. The molecule has 2 aromatic carbocycles. The van der Waals surface area contributed by atoms with Gasteiger partial charge >= 0.3 is 0 Å². The summed E-state index contributed by atoms with van der Waals surface area (Å²) in [5, 5.41) is 9.12. The maximum atomic E-state index is 12.8. The summed E-state index contributed by atoms with van der Waals surface area (Å²) in [6.07, 6.45) is 1.30. The second-order valence-electron chi connectivity index (χ2n) is 5.59. The van der Waals surface area contributed by atoms with E-state index in [0.717, 1.165) is 18.5 Å².